The molecule has 5 nitrogen and oxygen atoms in total. The minimum Gasteiger partial charge on any atom is -0.346 e. The van der Waals surface area contributed by atoms with Crippen LogP contribution in [-0.4, -0.2) is 16.9 Å². The van der Waals surface area contributed by atoms with Gasteiger partial charge < -0.3 is 16.0 Å². The molecule has 152 valence electrons. The fourth-order valence-electron chi connectivity index (χ4n) is 3.55. The molecule has 1 fully saturated rings. The second-order valence-electron chi connectivity index (χ2n) is 7.46. The molecule has 29 heavy (non-hydrogen) atoms. The molecule has 0 saturated heterocycles. The number of thiocarbonyl (C=S) groups is 1. The van der Waals surface area contributed by atoms with Crippen molar-refractivity contribution in [2.45, 2.75) is 45.1 Å². The van der Waals surface area contributed by atoms with Gasteiger partial charge in [0.25, 0.3) is 5.91 Å². The van der Waals surface area contributed by atoms with E-state index in [1.807, 2.05) is 37.3 Å². The molecule has 6 heteroatoms. The van der Waals surface area contributed by atoms with E-state index in [0.717, 1.165) is 36.9 Å². The SMILES string of the molecule is CC(NC(=O)c1ccc(NC(=S)NC(=O)C2CCCCC2)cc1)c1ccccc1. The first kappa shape index (κ1) is 21.0. The zero-order chi connectivity index (χ0) is 20.6. The number of hydrogen-bond acceptors (Lipinski definition) is 3. The van der Waals surface area contributed by atoms with Gasteiger partial charge in [-0.3, -0.25) is 9.59 Å². The first-order chi connectivity index (χ1) is 14.0. The summed E-state index contributed by atoms with van der Waals surface area (Å²) in [5, 5.41) is 9.07. The zero-order valence-corrected chi connectivity index (χ0v) is 17.4. The summed E-state index contributed by atoms with van der Waals surface area (Å²) in [5.41, 5.74) is 2.35. The molecule has 2 amide bonds. The average molecular weight is 410 g/mol. The normalized spacial score (nSPS) is 15.2. The first-order valence-corrected chi connectivity index (χ1v) is 10.5. The Bertz CT molecular complexity index is 846. The van der Waals surface area contributed by atoms with Crippen molar-refractivity contribution in [1.82, 2.24) is 10.6 Å². The van der Waals surface area contributed by atoms with Gasteiger partial charge in [-0.15, -0.1) is 0 Å². The third-order valence-electron chi connectivity index (χ3n) is 5.26. The van der Waals surface area contributed by atoms with E-state index in [-0.39, 0.29) is 28.9 Å². The smallest absolute Gasteiger partial charge is 0.251 e. The number of hydrogen-bond donors (Lipinski definition) is 3. The summed E-state index contributed by atoms with van der Waals surface area (Å²) in [5.74, 6) is -0.0876. The van der Waals surface area contributed by atoms with Crippen LogP contribution in [0.25, 0.3) is 0 Å². The van der Waals surface area contributed by atoms with E-state index < -0.39 is 0 Å². The number of anilines is 1. The monoisotopic (exact) mass is 409 g/mol. The average Bonchev–Trinajstić information content (AvgIpc) is 2.75. The summed E-state index contributed by atoms with van der Waals surface area (Å²) in [7, 11) is 0. The van der Waals surface area contributed by atoms with Crippen LogP contribution >= 0.6 is 12.2 Å². The van der Waals surface area contributed by atoms with E-state index in [1.165, 1.54) is 6.42 Å². The summed E-state index contributed by atoms with van der Waals surface area (Å²) in [6.45, 7) is 1.95. The van der Waals surface area contributed by atoms with Gasteiger partial charge in [-0.1, -0.05) is 49.6 Å². The number of nitrogens with one attached hydrogen (secondary N) is 3. The minimum absolute atomic E-state index is 0.00639. The molecule has 0 heterocycles. The maximum absolute atomic E-state index is 12.5. The standard InChI is InChI=1S/C23H27N3O2S/c1-16(17-8-4-2-5-9-17)24-21(27)19-12-14-20(15-13-19)25-23(29)26-22(28)18-10-6-3-7-11-18/h2,4-5,8-9,12-16,18H,3,6-7,10-11H2,1H3,(H,24,27)(H2,25,26,28,29). The highest BCUT2D eigenvalue weighted by Gasteiger charge is 2.21. The van der Waals surface area contributed by atoms with Crippen LogP contribution in [0.5, 0.6) is 0 Å². The number of amides is 2. The number of carbonyl (C=O) groups excluding carboxylic acids is 2. The van der Waals surface area contributed by atoms with Crippen LogP contribution in [0.3, 0.4) is 0 Å². The van der Waals surface area contributed by atoms with Crippen LogP contribution < -0.4 is 16.0 Å². The predicted molar refractivity (Wildman–Crippen MR) is 120 cm³/mol. The Labute approximate surface area is 177 Å². The molecule has 1 unspecified atom stereocenters. The van der Waals surface area contributed by atoms with Crippen molar-refractivity contribution in [3.05, 3.63) is 65.7 Å². The highest BCUT2D eigenvalue weighted by molar-refractivity contribution is 7.80. The van der Waals surface area contributed by atoms with Crippen molar-refractivity contribution < 1.29 is 9.59 Å². The predicted octanol–water partition coefficient (Wildman–Crippen LogP) is 4.57. The summed E-state index contributed by atoms with van der Waals surface area (Å²) in [6.07, 6.45) is 5.27. The van der Waals surface area contributed by atoms with Crippen molar-refractivity contribution in [3.63, 3.8) is 0 Å². The van der Waals surface area contributed by atoms with Crippen molar-refractivity contribution in [3.8, 4) is 0 Å². The second-order valence-corrected chi connectivity index (χ2v) is 7.87. The highest BCUT2D eigenvalue weighted by atomic mass is 32.1. The van der Waals surface area contributed by atoms with Crippen LogP contribution in [0.2, 0.25) is 0 Å². The fourth-order valence-corrected chi connectivity index (χ4v) is 3.77. The molecule has 2 aromatic carbocycles. The Balaban J connectivity index is 1.50. The van der Waals surface area contributed by atoms with Crippen molar-refractivity contribution in [1.29, 1.82) is 0 Å². The lowest BCUT2D eigenvalue weighted by molar-refractivity contribution is -0.124. The highest BCUT2D eigenvalue weighted by Crippen LogP contribution is 2.23. The number of carbonyl (C=O) groups is 2. The Hall–Kier alpha value is -2.73. The molecule has 0 radical (unpaired) electrons. The Morgan fingerprint density at radius 2 is 1.62 bits per heavy atom. The van der Waals surface area contributed by atoms with Gasteiger partial charge in [0, 0.05) is 17.2 Å². The molecule has 2 aromatic rings. The topological polar surface area (TPSA) is 70.2 Å². The fraction of sp³-hybridized carbons (Fsp3) is 0.348. The molecule has 1 aliphatic carbocycles. The number of benzene rings is 2. The van der Waals surface area contributed by atoms with Gasteiger partial charge in [0.2, 0.25) is 5.91 Å². The van der Waals surface area contributed by atoms with Crippen LogP contribution in [-0.2, 0) is 4.79 Å². The molecule has 1 aliphatic rings. The largest absolute Gasteiger partial charge is 0.346 e. The molecule has 1 atom stereocenters. The molecule has 0 bridgehead atoms. The lowest BCUT2D eigenvalue weighted by atomic mass is 9.89. The van der Waals surface area contributed by atoms with E-state index in [1.54, 1.807) is 24.3 Å². The van der Waals surface area contributed by atoms with E-state index in [9.17, 15) is 9.59 Å². The Morgan fingerprint density at radius 3 is 2.28 bits per heavy atom. The molecule has 3 N–H and O–H groups in total. The number of rotatable bonds is 5. The van der Waals surface area contributed by atoms with Crippen molar-refractivity contribution >= 4 is 34.8 Å². The van der Waals surface area contributed by atoms with Gasteiger partial charge in [-0.05, 0) is 61.8 Å². The van der Waals surface area contributed by atoms with Gasteiger partial charge >= 0.3 is 0 Å². The summed E-state index contributed by atoms with van der Waals surface area (Å²) >= 11 is 5.25. The minimum atomic E-state index is -0.138. The maximum Gasteiger partial charge on any atom is 0.251 e. The van der Waals surface area contributed by atoms with Gasteiger partial charge in [0.05, 0.1) is 6.04 Å². The van der Waals surface area contributed by atoms with Gasteiger partial charge in [-0.25, -0.2) is 0 Å². The van der Waals surface area contributed by atoms with Gasteiger partial charge in [-0.2, -0.15) is 0 Å². The molecular formula is C23H27N3O2S. The van der Waals surface area contributed by atoms with E-state index in [4.69, 9.17) is 12.2 Å². The molecular weight excluding hydrogens is 382 g/mol. The van der Waals surface area contributed by atoms with Gasteiger partial charge in [0.15, 0.2) is 5.11 Å². The van der Waals surface area contributed by atoms with Crippen LogP contribution in [0.15, 0.2) is 54.6 Å². The van der Waals surface area contributed by atoms with Crippen LogP contribution in [0.4, 0.5) is 5.69 Å². The Morgan fingerprint density at radius 1 is 0.966 bits per heavy atom. The second kappa shape index (κ2) is 10.2. The third kappa shape index (κ3) is 6.12. The molecule has 0 aromatic heterocycles. The molecule has 0 spiro atoms. The molecule has 1 saturated carbocycles. The van der Waals surface area contributed by atoms with Crippen LogP contribution in [0, 0.1) is 5.92 Å². The third-order valence-corrected chi connectivity index (χ3v) is 5.47. The first-order valence-electron chi connectivity index (χ1n) is 10.1. The van der Waals surface area contributed by atoms with Crippen molar-refractivity contribution in [2.75, 3.05) is 5.32 Å². The Kier molecular flexibility index (Phi) is 7.36. The van der Waals surface area contributed by atoms with E-state index >= 15 is 0 Å². The maximum atomic E-state index is 12.5. The van der Waals surface area contributed by atoms with E-state index in [0.29, 0.717) is 5.56 Å². The van der Waals surface area contributed by atoms with Crippen molar-refractivity contribution in [2.24, 2.45) is 5.92 Å². The van der Waals surface area contributed by atoms with Crippen LogP contribution in [0.1, 0.15) is 61.0 Å². The van der Waals surface area contributed by atoms with Gasteiger partial charge in [0.1, 0.15) is 0 Å². The summed E-state index contributed by atoms with van der Waals surface area (Å²) in [6, 6.07) is 16.8. The molecule has 0 aliphatic heterocycles. The lowest BCUT2D eigenvalue weighted by Gasteiger charge is -2.21. The quantitative estimate of drug-likeness (QED) is 0.633. The van der Waals surface area contributed by atoms with E-state index in [2.05, 4.69) is 16.0 Å². The summed E-state index contributed by atoms with van der Waals surface area (Å²) in [4.78, 5) is 24.7. The molecule has 3 rings (SSSR count). The lowest BCUT2D eigenvalue weighted by Crippen LogP contribution is -2.39. The summed E-state index contributed by atoms with van der Waals surface area (Å²) < 4.78 is 0. The zero-order valence-electron chi connectivity index (χ0n) is 16.6.